The van der Waals surface area contributed by atoms with E-state index in [1.165, 1.54) is 0 Å². The molecule has 0 bridgehead atoms. The van der Waals surface area contributed by atoms with Gasteiger partial charge in [-0.25, -0.2) is 0 Å². The summed E-state index contributed by atoms with van der Waals surface area (Å²) in [5.41, 5.74) is 0.252. The van der Waals surface area contributed by atoms with Crippen LogP contribution in [0.1, 0.15) is 18.2 Å². The Morgan fingerprint density at radius 1 is 1.26 bits per heavy atom. The first-order valence-corrected chi connectivity index (χ1v) is 6.10. The van der Waals surface area contributed by atoms with Crippen LogP contribution < -0.4 is 9.47 Å². The average Bonchev–Trinajstić information content (AvgIpc) is 3.08. The van der Waals surface area contributed by atoms with Gasteiger partial charge in [0.15, 0.2) is 11.5 Å². The van der Waals surface area contributed by atoms with Crippen LogP contribution in [0.25, 0.3) is 0 Å². The Labute approximate surface area is 110 Å². The summed E-state index contributed by atoms with van der Waals surface area (Å²) in [5.74, 6) is 2.19. The molecular weight excluding hydrogens is 244 g/mol. The molecule has 1 aromatic heterocycles. The van der Waals surface area contributed by atoms with E-state index >= 15 is 0 Å². The first kappa shape index (κ1) is 11.8. The number of hydrogen-bond acceptors (Lipinski definition) is 4. The van der Waals surface area contributed by atoms with Gasteiger partial charge in [0.1, 0.15) is 12.0 Å². The predicted octanol–water partition coefficient (Wildman–Crippen LogP) is 2.71. The van der Waals surface area contributed by atoms with E-state index in [9.17, 15) is 4.79 Å². The minimum atomic E-state index is -0.640. The Balaban J connectivity index is 1.95. The number of rotatable bonds is 4. The minimum absolute atomic E-state index is 0.231. The van der Waals surface area contributed by atoms with Crippen LogP contribution in [0, 0.1) is 0 Å². The third-order valence-electron chi connectivity index (χ3n) is 3.41. The maximum absolute atomic E-state index is 11.5. The van der Waals surface area contributed by atoms with Crippen LogP contribution >= 0.6 is 0 Å². The van der Waals surface area contributed by atoms with Crippen molar-refractivity contribution in [3.05, 3.63) is 47.9 Å². The van der Waals surface area contributed by atoms with Crippen LogP contribution in [0.4, 0.5) is 0 Å². The number of hydrogen-bond donors (Lipinski definition) is 0. The molecule has 0 spiro atoms. The zero-order valence-electron chi connectivity index (χ0n) is 10.6. The molecule has 1 unspecified atom stereocenters. The number of ether oxygens (including phenoxy) is 2. The van der Waals surface area contributed by atoms with Crippen LogP contribution in [0.3, 0.4) is 0 Å². The highest BCUT2D eigenvalue weighted by Crippen LogP contribution is 2.37. The standard InChI is InChI=1S/C15H14O4/c1-15(9-16,8-12-3-2-6-17-12)11-4-5-13-14(7-11)19-10-18-13/h2-7,9H,8,10H2,1H3. The number of aldehydes is 1. The van der Waals surface area contributed by atoms with Gasteiger partial charge in [0.2, 0.25) is 6.79 Å². The Kier molecular flexibility index (Phi) is 2.78. The van der Waals surface area contributed by atoms with E-state index in [-0.39, 0.29) is 6.79 Å². The van der Waals surface area contributed by atoms with Crippen molar-refractivity contribution >= 4 is 6.29 Å². The molecule has 4 heteroatoms. The number of furan rings is 1. The molecule has 1 aromatic carbocycles. The molecule has 19 heavy (non-hydrogen) atoms. The highest BCUT2D eigenvalue weighted by molar-refractivity contribution is 5.69. The van der Waals surface area contributed by atoms with Gasteiger partial charge in [-0.2, -0.15) is 0 Å². The van der Waals surface area contributed by atoms with Crippen molar-refractivity contribution in [3.8, 4) is 11.5 Å². The number of carbonyl (C=O) groups excluding carboxylic acids is 1. The summed E-state index contributed by atoms with van der Waals surface area (Å²) >= 11 is 0. The van der Waals surface area contributed by atoms with Gasteiger partial charge in [-0.15, -0.1) is 0 Å². The van der Waals surface area contributed by atoms with Crippen molar-refractivity contribution < 1.29 is 18.7 Å². The summed E-state index contributed by atoms with van der Waals surface area (Å²) in [4.78, 5) is 11.5. The maximum atomic E-state index is 11.5. The number of carbonyl (C=O) groups is 1. The zero-order chi connectivity index (χ0) is 13.3. The third-order valence-corrected chi connectivity index (χ3v) is 3.41. The first-order chi connectivity index (χ1) is 9.21. The van der Waals surface area contributed by atoms with Crippen molar-refractivity contribution in [3.63, 3.8) is 0 Å². The fourth-order valence-corrected chi connectivity index (χ4v) is 2.24. The monoisotopic (exact) mass is 258 g/mol. The smallest absolute Gasteiger partial charge is 0.231 e. The lowest BCUT2D eigenvalue weighted by Crippen LogP contribution is -2.26. The molecule has 3 rings (SSSR count). The summed E-state index contributed by atoms with van der Waals surface area (Å²) in [5, 5.41) is 0. The second-order valence-electron chi connectivity index (χ2n) is 4.86. The van der Waals surface area contributed by atoms with Crippen molar-refractivity contribution in [2.75, 3.05) is 6.79 Å². The summed E-state index contributed by atoms with van der Waals surface area (Å²) < 4.78 is 16.0. The lowest BCUT2D eigenvalue weighted by Gasteiger charge is -2.22. The molecule has 0 saturated carbocycles. The number of benzene rings is 1. The topological polar surface area (TPSA) is 48.7 Å². The SMILES string of the molecule is CC(C=O)(Cc1ccco1)c1ccc2c(c1)OCO2. The molecule has 1 aliphatic heterocycles. The van der Waals surface area contributed by atoms with Crippen molar-refractivity contribution in [2.24, 2.45) is 0 Å². The van der Waals surface area contributed by atoms with Gasteiger partial charge in [-0.3, -0.25) is 0 Å². The molecule has 98 valence electrons. The van der Waals surface area contributed by atoms with Gasteiger partial charge >= 0.3 is 0 Å². The van der Waals surface area contributed by atoms with Gasteiger partial charge in [-0.1, -0.05) is 6.07 Å². The molecule has 1 atom stereocenters. The molecular formula is C15H14O4. The summed E-state index contributed by atoms with van der Waals surface area (Å²) in [6.45, 7) is 2.12. The first-order valence-electron chi connectivity index (χ1n) is 6.10. The molecule has 2 heterocycles. The van der Waals surface area contributed by atoms with E-state index < -0.39 is 5.41 Å². The van der Waals surface area contributed by atoms with Crippen LogP contribution in [-0.2, 0) is 16.6 Å². The van der Waals surface area contributed by atoms with Crippen molar-refractivity contribution in [2.45, 2.75) is 18.8 Å². The van der Waals surface area contributed by atoms with E-state index in [1.54, 1.807) is 6.26 Å². The highest BCUT2D eigenvalue weighted by Gasteiger charge is 2.29. The average molecular weight is 258 g/mol. The van der Waals surface area contributed by atoms with Gasteiger partial charge in [0.25, 0.3) is 0 Å². The van der Waals surface area contributed by atoms with Crippen LogP contribution in [0.2, 0.25) is 0 Å². The molecule has 1 aliphatic rings. The maximum Gasteiger partial charge on any atom is 0.231 e. The molecule has 0 saturated heterocycles. The van der Waals surface area contributed by atoms with E-state index in [4.69, 9.17) is 13.9 Å². The van der Waals surface area contributed by atoms with Gasteiger partial charge < -0.3 is 18.7 Å². The lowest BCUT2D eigenvalue weighted by atomic mass is 9.80. The Bertz CT molecular complexity index is 588. The van der Waals surface area contributed by atoms with Gasteiger partial charge in [0, 0.05) is 6.42 Å². The molecule has 2 aromatic rings. The minimum Gasteiger partial charge on any atom is -0.469 e. The summed E-state index contributed by atoms with van der Waals surface area (Å²) in [6, 6.07) is 9.28. The largest absolute Gasteiger partial charge is 0.469 e. The fourth-order valence-electron chi connectivity index (χ4n) is 2.24. The zero-order valence-corrected chi connectivity index (χ0v) is 10.6. The molecule has 0 amide bonds. The van der Waals surface area contributed by atoms with Crippen molar-refractivity contribution in [1.29, 1.82) is 0 Å². The molecule has 0 fully saturated rings. The summed E-state index contributed by atoms with van der Waals surface area (Å²) in [7, 11) is 0. The molecule has 0 N–H and O–H groups in total. The molecule has 0 radical (unpaired) electrons. The van der Waals surface area contributed by atoms with Crippen LogP contribution in [-0.4, -0.2) is 13.1 Å². The summed E-state index contributed by atoms with van der Waals surface area (Å²) in [6.07, 6.45) is 3.08. The van der Waals surface area contributed by atoms with E-state index in [0.717, 1.165) is 23.4 Å². The normalized spacial score (nSPS) is 16.1. The van der Waals surface area contributed by atoms with Crippen LogP contribution in [0.5, 0.6) is 11.5 Å². The quantitative estimate of drug-likeness (QED) is 0.791. The van der Waals surface area contributed by atoms with Gasteiger partial charge in [-0.05, 0) is 36.8 Å². The highest BCUT2D eigenvalue weighted by atomic mass is 16.7. The van der Waals surface area contributed by atoms with Gasteiger partial charge in [0.05, 0.1) is 11.7 Å². The Morgan fingerprint density at radius 3 is 2.84 bits per heavy atom. The lowest BCUT2D eigenvalue weighted by molar-refractivity contribution is -0.112. The third kappa shape index (κ3) is 2.10. The second kappa shape index (κ2) is 4.46. The van der Waals surface area contributed by atoms with Crippen molar-refractivity contribution in [1.82, 2.24) is 0 Å². The van der Waals surface area contributed by atoms with E-state index in [0.29, 0.717) is 12.2 Å². The number of fused-ring (bicyclic) bond motifs is 1. The predicted molar refractivity (Wildman–Crippen MR) is 68.4 cm³/mol. The van der Waals surface area contributed by atoms with E-state index in [1.807, 2.05) is 37.3 Å². The Morgan fingerprint density at radius 2 is 2.11 bits per heavy atom. The van der Waals surface area contributed by atoms with E-state index in [2.05, 4.69) is 0 Å². The fraction of sp³-hybridized carbons (Fsp3) is 0.267. The Hall–Kier alpha value is -2.23. The molecule has 0 aliphatic carbocycles. The second-order valence-corrected chi connectivity index (χ2v) is 4.86. The van der Waals surface area contributed by atoms with Crippen LogP contribution in [0.15, 0.2) is 41.0 Å². The molecule has 4 nitrogen and oxygen atoms in total.